The molecule has 0 saturated carbocycles. The Labute approximate surface area is 173 Å². The zero-order valence-electron chi connectivity index (χ0n) is 15.1. The van der Waals surface area contributed by atoms with Gasteiger partial charge >= 0.3 is 0 Å². The SMILES string of the molecule is COc1ccc(Br)cc1C(=O)NC(=S)Nc1ccccc1N1CCCCC1. The van der Waals surface area contributed by atoms with E-state index in [-0.39, 0.29) is 11.0 Å². The molecule has 142 valence electrons. The second-order valence-corrected chi connectivity index (χ2v) is 7.64. The first-order chi connectivity index (χ1) is 13.1. The molecular weight excluding hydrogens is 426 g/mol. The van der Waals surface area contributed by atoms with Gasteiger partial charge in [0.05, 0.1) is 24.0 Å². The van der Waals surface area contributed by atoms with Crippen LogP contribution in [0.1, 0.15) is 29.6 Å². The molecule has 0 radical (unpaired) electrons. The summed E-state index contributed by atoms with van der Waals surface area (Å²) in [5.41, 5.74) is 2.42. The van der Waals surface area contributed by atoms with Crippen LogP contribution in [0, 0.1) is 0 Å². The van der Waals surface area contributed by atoms with Crippen molar-refractivity contribution >= 4 is 50.5 Å². The molecule has 2 aromatic carbocycles. The molecule has 2 N–H and O–H groups in total. The fourth-order valence-electron chi connectivity index (χ4n) is 3.17. The number of thiocarbonyl (C=S) groups is 1. The average Bonchev–Trinajstić information content (AvgIpc) is 2.69. The predicted octanol–water partition coefficient (Wildman–Crippen LogP) is 4.57. The van der Waals surface area contributed by atoms with Gasteiger partial charge in [-0.05, 0) is 61.8 Å². The number of nitrogens with one attached hydrogen (secondary N) is 2. The number of rotatable bonds is 4. The Kier molecular flexibility index (Phi) is 6.68. The van der Waals surface area contributed by atoms with E-state index >= 15 is 0 Å². The molecular formula is C20H22BrN3O2S. The van der Waals surface area contributed by atoms with Gasteiger partial charge in [0.25, 0.3) is 5.91 Å². The minimum atomic E-state index is -0.318. The fourth-order valence-corrected chi connectivity index (χ4v) is 3.74. The highest BCUT2D eigenvalue weighted by molar-refractivity contribution is 9.10. The van der Waals surface area contributed by atoms with Crippen molar-refractivity contribution < 1.29 is 9.53 Å². The Balaban J connectivity index is 1.71. The lowest BCUT2D eigenvalue weighted by Gasteiger charge is -2.30. The Bertz CT molecular complexity index is 838. The van der Waals surface area contributed by atoms with E-state index in [2.05, 4.69) is 37.5 Å². The molecule has 0 aromatic heterocycles. The highest BCUT2D eigenvalue weighted by Gasteiger charge is 2.17. The van der Waals surface area contributed by atoms with Gasteiger partial charge in [0, 0.05) is 17.6 Å². The molecule has 0 spiro atoms. The van der Waals surface area contributed by atoms with Crippen LogP contribution in [0.5, 0.6) is 5.75 Å². The van der Waals surface area contributed by atoms with Gasteiger partial charge in [0.1, 0.15) is 5.75 Å². The van der Waals surface area contributed by atoms with Crippen LogP contribution < -0.4 is 20.3 Å². The van der Waals surface area contributed by atoms with Gasteiger partial charge in [-0.2, -0.15) is 0 Å². The van der Waals surface area contributed by atoms with Crippen molar-refractivity contribution in [3.8, 4) is 5.75 Å². The molecule has 1 saturated heterocycles. The smallest absolute Gasteiger partial charge is 0.261 e. The maximum absolute atomic E-state index is 12.6. The van der Waals surface area contributed by atoms with E-state index < -0.39 is 0 Å². The van der Waals surface area contributed by atoms with Crippen LogP contribution in [0.25, 0.3) is 0 Å². The lowest BCUT2D eigenvalue weighted by molar-refractivity contribution is 0.0974. The van der Waals surface area contributed by atoms with Crippen LogP contribution in [0.3, 0.4) is 0 Å². The number of piperidine rings is 1. The summed E-state index contributed by atoms with van der Waals surface area (Å²) in [5.74, 6) is 0.174. The van der Waals surface area contributed by atoms with E-state index in [0.29, 0.717) is 11.3 Å². The van der Waals surface area contributed by atoms with Crippen molar-refractivity contribution in [3.63, 3.8) is 0 Å². The molecule has 1 aliphatic heterocycles. The summed E-state index contributed by atoms with van der Waals surface area (Å²) in [7, 11) is 1.53. The van der Waals surface area contributed by atoms with E-state index in [0.717, 1.165) is 28.9 Å². The summed E-state index contributed by atoms with van der Waals surface area (Å²) in [4.78, 5) is 15.0. The molecule has 0 unspecified atom stereocenters. The summed E-state index contributed by atoms with van der Waals surface area (Å²) in [5, 5.41) is 6.16. The lowest BCUT2D eigenvalue weighted by atomic mass is 10.1. The molecule has 2 aromatic rings. The Hall–Kier alpha value is -2.12. The number of methoxy groups -OCH3 is 1. The quantitative estimate of drug-likeness (QED) is 0.671. The van der Waals surface area contributed by atoms with Crippen molar-refractivity contribution in [2.45, 2.75) is 19.3 Å². The molecule has 1 fully saturated rings. The molecule has 0 bridgehead atoms. The highest BCUT2D eigenvalue weighted by atomic mass is 79.9. The second-order valence-electron chi connectivity index (χ2n) is 6.32. The first-order valence-electron chi connectivity index (χ1n) is 8.88. The third-order valence-electron chi connectivity index (χ3n) is 4.48. The van der Waals surface area contributed by atoms with Crippen molar-refractivity contribution in [3.05, 3.63) is 52.5 Å². The normalized spacial score (nSPS) is 13.8. The maximum Gasteiger partial charge on any atom is 0.261 e. The molecule has 1 amide bonds. The molecule has 27 heavy (non-hydrogen) atoms. The van der Waals surface area contributed by atoms with Crippen LogP contribution in [-0.2, 0) is 0 Å². The number of hydrogen-bond donors (Lipinski definition) is 2. The van der Waals surface area contributed by atoms with Gasteiger partial charge in [0.15, 0.2) is 5.11 Å². The zero-order chi connectivity index (χ0) is 19.2. The number of anilines is 2. The Morgan fingerprint density at radius 1 is 1.15 bits per heavy atom. The summed E-state index contributed by atoms with van der Waals surface area (Å²) in [6, 6.07) is 13.3. The van der Waals surface area contributed by atoms with E-state index in [1.807, 2.05) is 24.3 Å². The number of nitrogens with zero attached hydrogens (tertiary/aromatic N) is 1. The standard InChI is InChI=1S/C20H22BrN3O2S/c1-26-18-10-9-14(21)13-15(18)19(25)23-20(27)22-16-7-3-4-8-17(16)24-11-5-2-6-12-24/h3-4,7-10,13H,2,5-6,11-12H2,1H3,(H2,22,23,25,27). The number of amides is 1. The van der Waals surface area contributed by atoms with Crippen LogP contribution in [-0.4, -0.2) is 31.2 Å². The molecule has 0 aliphatic carbocycles. The summed E-state index contributed by atoms with van der Waals surface area (Å²) >= 11 is 8.75. The number of carbonyl (C=O) groups is 1. The van der Waals surface area contributed by atoms with E-state index in [4.69, 9.17) is 17.0 Å². The monoisotopic (exact) mass is 447 g/mol. The molecule has 3 rings (SSSR count). The number of carbonyl (C=O) groups excluding carboxylic acids is 1. The van der Waals surface area contributed by atoms with Crippen LogP contribution in [0.2, 0.25) is 0 Å². The zero-order valence-corrected chi connectivity index (χ0v) is 17.5. The highest BCUT2D eigenvalue weighted by Crippen LogP contribution is 2.28. The van der Waals surface area contributed by atoms with Gasteiger partial charge in [-0.15, -0.1) is 0 Å². The Morgan fingerprint density at radius 3 is 2.63 bits per heavy atom. The first-order valence-corrected chi connectivity index (χ1v) is 10.1. The Morgan fingerprint density at radius 2 is 1.89 bits per heavy atom. The molecule has 0 atom stereocenters. The minimum absolute atomic E-state index is 0.256. The topological polar surface area (TPSA) is 53.6 Å². The molecule has 1 aliphatic rings. The number of hydrogen-bond acceptors (Lipinski definition) is 4. The minimum Gasteiger partial charge on any atom is -0.496 e. The van der Waals surface area contributed by atoms with E-state index in [1.165, 1.54) is 26.4 Å². The first kappa shape index (κ1) is 19.6. The van der Waals surface area contributed by atoms with Crippen molar-refractivity contribution in [1.29, 1.82) is 0 Å². The fraction of sp³-hybridized carbons (Fsp3) is 0.300. The number of ether oxygens (including phenoxy) is 1. The second kappa shape index (κ2) is 9.19. The summed E-state index contributed by atoms with van der Waals surface area (Å²) in [6.07, 6.45) is 3.66. The van der Waals surface area contributed by atoms with E-state index in [9.17, 15) is 4.79 Å². The number of para-hydroxylation sites is 2. The van der Waals surface area contributed by atoms with Gasteiger partial charge < -0.3 is 15.0 Å². The predicted molar refractivity (Wildman–Crippen MR) is 117 cm³/mol. The largest absolute Gasteiger partial charge is 0.496 e. The van der Waals surface area contributed by atoms with Crippen molar-refractivity contribution in [1.82, 2.24) is 5.32 Å². The van der Waals surface area contributed by atoms with Crippen LogP contribution in [0.4, 0.5) is 11.4 Å². The van der Waals surface area contributed by atoms with Gasteiger partial charge in [0.2, 0.25) is 0 Å². The molecule has 5 nitrogen and oxygen atoms in total. The third kappa shape index (κ3) is 4.99. The van der Waals surface area contributed by atoms with Crippen molar-refractivity contribution in [2.75, 3.05) is 30.4 Å². The maximum atomic E-state index is 12.6. The van der Waals surface area contributed by atoms with Gasteiger partial charge in [-0.25, -0.2) is 0 Å². The number of halogens is 1. The summed E-state index contributed by atoms with van der Waals surface area (Å²) < 4.78 is 6.06. The number of benzene rings is 2. The lowest BCUT2D eigenvalue weighted by Crippen LogP contribution is -2.35. The third-order valence-corrected chi connectivity index (χ3v) is 5.18. The van der Waals surface area contributed by atoms with Crippen LogP contribution >= 0.6 is 28.1 Å². The van der Waals surface area contributed by atoms with Gasteiger partial charge in [-0.3, -0.25) is 10.1 Å². The summed E-state index contributed by atoms with van der Waals surface area (Å²) in [6.45, 7) is 2.07. The van der Waals surface area contributed by atoms with E-state index in [1.54, 1.807) is 12.1 Å². The molecule has 1 heterocycles. The molecule has 7 heteroatoms. The van der Waals surface area contributed by atoms with Gasteiger partial charge in [-0.1, -0.05) is 28.1 Å². The van der Waals surface area contributed by atoms with Crippen LogP contribution in [0.15, 0.2) is 46.9 Å². The average molecular weight is 448 g/mol. The van der Waals surface area contributed by atoms with Crippen molar-refractivity contribution in [2.24, 2.45) is 0 Å².